The fourth-order valence-electron chi connectivity index (χ4n) is 2.08. The van der Waals surface area contributed by atoms with Crippen LogP contribution in [-0.4, -0.2) is 19.3 Å². The molecule has 5 heteroatoms. The van der Waals surface area contributed by atoms with Crippen LogP contribution >= 0.6 is 0 Å². The van der Waals surface area contributed by atoms with Crippen LogP contribution in [0.15, 0.2) is 12.4 Å². The van der Waals surface area contributed by atoms with Crippen molar-refractivity contribution < 1.29 is 0 Å². The molecule has 2 aromatic heterocycles. The number of nitrogens with zero attached hydrogens (tertiary/aromatic N) is 4. The summed E-state index contributed by atoms with van der Waals surface area (Å²) in [6.07, 6.45) is 6.09. The second kappa shape index (κ2) is 5.25. The van der Waals surface area contributed by atoms with Crippen molar-refractivity contribution in [1.82, 2.24) is 19.3 Å². The quantitative estimate of drug-likeness (QED) is 0.883. The lowest BCUT2D eigenvalue weighted by Crippen LogP contribution is -2.03. The summed E-state index contributed by atoms with van der Waals surface area (Å²) < 4.78 is 3.99. The molecule has 0 atom stereocenters. The molecule has 0 spiro atoms. The fourth-order valence-corrected chi connectivity index (χ4v) is 2.08. The Labute approximate surface area is 108 Å². The van der Waals surface area contributed by atoms with Gasteiger partial charge in [-0.2, -0.15) is 5.10 Å². The minimum Gasteiger partial charge on any atom is -0.323 e. The number of aryl methyl sites for hydroxylation is 4. The van der Waals surface area contributed by atoms with Gasteiger partial charge in [-0.3, -0.25) is 4.68 Å². The van der Waals surface area contributed by atoms with E-state index in [9.17, 15) is 0 Å². The van der Waals surface area contributed by atoms with Gasteiger partial charge < -0.3 is 9.88 Å². The zero-order valence-electron chi connectivity index (χ0n) is 11.6. The molecule has 0 aromatic carbocycles. The van der Waals surface area contributed by atoms with Crippen LogP contribution in [0.2, 0.25) is 0 Å². The van der Waals surface area contributed by atoms with E-state index < -0.39 is 0 Å². The SMILES string of the molecule is CCCn1cc(C)nc1Nc1cn(C)nc1CC. The Bertz CT molecular complexity index is 523. The standard InChI is InChI=1S/C13H21N5/c1-5-7-18-8-10(3)14-13(18)15-12-9-17(4)16-11(12)6-2/h8-9H,5-7H2,1-4H3,(H,14,15). The summed E-state index contributed by atoms with van der Waals surface area (Å²) in [6.45, 7) is 7.27. The van der Waals surface area contributed by atoms with Crippen LogP contribution in [0.5, 0.6) is 0 Å². The Hall–Kier alpha value is -1.78. The van der Waals surface area contributed by atoms with Gasteiger partial charge in [-0.15, -0.1) is 0 Å². The van der Waals surface area contributed by atoms with Gasteiger partial charge in [0.2, 0.25) is 5.95 Å². The smallest absolute Gasteiger partial charge is 0.207 e. The highest BCUT2D eigenvalue weighted by atomic mass is 15.3. The van der Waals surface area contributed by atoms with Gasteiger partial charge in [0.1, 0.15) is 0 Å². The molecule has 98 valence electrons. The third-order valence-corrected chi connectivity index (χ3v) is 2.85. The highest BCUT2D eigenvalue weighted by Gasteiger charge is 2.10. The minimum absolute atomic E-state index is 0.900. The van der Waals surface area contributed by atoms with Crippen LogP contribution in [0.25, 0.3) is 0 Å². The number of nitrogens with one attached hydrogen (secondary N) is 1. The zero-order valence-corrected chi connectivity index (χ0v) is 11.6. The highest BCUT2D eigenvalue weighted by Crippen LogP contribution is 2.20. The number of hydrogen-bond acceptors (Lipinski definition) is 3. The molecular weight excluding hydrogens is 226 g/mol. The van der Waals surface area contributed by atoms with E-state index in [1.165, 1.54) is 0 Å². The van der Waals surface area contributed by atoms with E-state index in [1.807, 2.05) is 24.9 Å². The zero-order chi connectivity index (χ0) is 13.1. The second-order valence-electron chi connectivity index (χ2n) is 4.54. The van der Waals surface area contributed by atoms with E-state index in [-0.39, 0.29) is 0 Å². The molecular formula is C13H21N5. The molecule has 2 heterocycles. The summed E-state index contributed by atoms with van der Waals surface area (Å²) >= 11 is 0. The maximum absolute atomic E-state index is 4.52. The van der Waals surface area contributed by atoms with E-state index in [2.05, 4.69) is 40.0 Å². The van der Waals surface area contributed by atoms with Crippen LogP contribution in [0.3, 0.4) is 0 Å². The minimum atomic E-state index is 0.900. The molecule has 0 unspecified atom stereocenters. The lowest BCUT2D eigenvalue weighted by molar-refractivity contribution is 0.686. The summed E-state index contributed by atoms with van der Waals surface area (Å²) in [4.78, 5) is 4.52. The number of rotatable bonds is 5. The van der Waals surface area contributed by atoms with Crippen LogP contribution < -0.4 is 5.32 Å². The predicted molar refractivity (Wildman–Crippen MR) is 73.1 cm³/mol. The van der Waals surface area contributed by atoms with E-state index in [4.69, 9.17) is 0 Å². The predicted octanol–water partition coefficient (Wildman–Crippen LogP) is 2.64. The molecule has 0 aliphatic rings. The molecule has 1 N–H and O–H groups in total. The molecule has 0 bridgehead atoms. The third kappa shape index (κ3) is 2.55. The summed E-state index contributed by atoms with van der Waals surface area (Å²) in [5.41, 5.74) is 3.15. The van der Waals surface area contributed by atoms with Crippen molar-refractivity contribution in [2.45, 2.75) is 40.2 Å². The van der Waals surface area contributed by atoms with Gasteiger partial charge in [-0.25, -0.2) is 4.98 Å². The molecule has 0 aliphatic heterocycles. The highest BCUT2D eigenvalue weighted by molar-refractivity contribution is 5.56. The van der Waals surface area contributed by atoms with Gasteiger partial charge in [-0.1, -0.05) is 13.8 Å². The fraction of sp³-hybridized carbons (Fsp3) is 0.538. The molecule has 2 aromatic rings. The molecule has 0 fully saturated rings. The maximum atomic E-state index is 4.52. The molecule has 0 radical (unpaired) electrons. The van der Waals surface area contributed by atoms with E-state index in [0.717, 1.165) is 42.4 Å². The van der Waals surface area contributed by atoms with Crippen molar-refractivity contribution in [1.29, 1.82) is 0 Å². The van der Waals surface area contributed by atoms with Crippen LogP contribution in [0, 0.1) is 6.92 Å². The first-order valence-corrected chi connectivity index (χ1v) is 6.47. The lowest BCUT2D eigenvalue weighted by atomic mass is 10.3. The van der Waals surface area contributed by atoms with Crippen molar-refractivity contribution in [3.05, 3.63) is 23.8 Å². The monoisotopic (exact) mass is 247 g/mol. The van der Waals surface area contributed by atoms with Crippen LogP contribution in [0.1, 0.15) is 31.7 Å². The second-order valence-corrected chi connectivity index (χ2v) is 4.54. The van der Waals surface area contributed by atoms with E-state index in [1.54, 1.807) is 0 Å². The van der Waals surface area contributed by atoms with Crippen molar-refractivity contribution in [2.75, 3.05) is 5.32 Å². The van der Waals surface area contributed by atoms with Crippen molar-refractivity contribution >= 4 is 11.6 Å². The normalized spacial score (nSPS) is 10.9. The number of hydrogen-bond donors (Lipinski definition) is 1. The third-order valence-electron chi connectivity index (χ3n) is 2.85. The number of aromatic nitrogens is 4. The maximum Gasteiger partial charge on any atom is 0.207 e. The first-order chi connectivity index (χ1) is 8.63. The van der Waals surface area contributed by atoms with E-state index in [0.29, 0.717) is 0 Å². The number of anilines is 2. The molecule has 0 amide bonds. The Balaban J connectivity index is 2.27. The Morgan fingerprint density at radius 1 is 1.28 bits per heavy atom. The van der Waals surface area contributed by atoms with Crippen LogP contribution in [-0.2, 0) is 20.0 Å². The van der Waals surface area contributed by atoms with Gasteiger partial charge in [-0.05, 0) is 19.8 Å². The lowest BCUT2D eigenvalue weighted by Gasteiger charge is -2.07. The van der Waals surface area contributed by atoms with Gasteiger partial charge in [0.25, 0.3) is 0 Å². The van der Waals surface area contributed by atoms with Crippen molar-refractivity contribution in [2.24, 2.45) is 7.05 Å². The Morgan fingerprint density at radius 2 is 2.06 bits per heavy atom. The Kier molecular flexibility index (Phi) is 3.69. The molecule has 0 saturated heterocycles. The van der Waals surface area contributed by atoms with Gasteiger partial charge in [0, 0.05) is 26.0 Å². The molecule has 2 rings (SSSR count). The topological polar surface area (TPSA) is 47.7 Å². The first kappa shape index (κ1) is 12.7. The molecule has 5 nitrogen and oxygen atoms in total. The van der Waals surface area contributed by atoms with Crippen molar-refractivity contribution in [3.8, 4) is 0 Å². The van der Waals surface area contributed by atoms with Gasteiger partial charge >= 0.3 is 0 Å². The summed E-state index contributed by atoms with van der Waals surface area (Å²) in [7, 11) is 1.94. The van der Waals surface area contributed by atoms with Gasteiger partial charge in [0.15, 0.2) is 0 Å². The molecule has 18 heavy (non-hydrogen) atoms. The largest absolute Gasteiger partial charge is 0.323 e. The summed E-state index contributed by atoms with van der Waals surface area (Å²) in [5, 5.41) is 7.81. The first-order valence-electron chi connectivity index (χ1n) is 6.47. The average molecular weight is 247 g/mol. The average Bonchev–Trinajstić information content (AvgIpc) is 2.83. The summed E-state index contributed by atoms with van der Waals surface area (Å²) in [6, 6.07) is 0. The van der Waals surface area contributed by atoms with E-state index >= 15 is 0 Å². The van der Waals surface area contributed by atoms with Crippen molar-refractivity contribution in [3.63, 3.8) is 0 Å². The van der Waals surface area contributed by atoms with Gasteiger partial charge in [0.05, 0.1) is 17.1 Å². The summed E-state index contributed by atoms with van der Waals surface area (Å²) in [5.74, 6) is 0.900. The Morgan fingerprint density at radius 3 is 2.72 bits per heavy atom. The van der Waals surface area contributed by atoms with Crippen LogP contribution in [0.4, 0.5) is 11.6 Å². The number of imidazole rings is 1. The molecule has 0 aliphatic carbocycles. The molecule has 0 saturated carbocycles.